The lowest BCUT2D eigenvalue weighted by Gasteiger charge is -2.07. The van der Waals surface area contributed by atoms with Crippen LogP contribution in [0.3, 0.4) is 0 Å². The van der Waals surface area contributed by atoms with Crippen LogP contribution in [0.1, 0.15) is 12.5 Å². The third-order valence-corrected chi connectivity index (χ3v) is 2.28. The Kier molecular flexibility index (Phi) is 3.18. The van der Waals surface area contributed by atoms with E-state index in [4.69, 9.17) is 10.5 Å². The normalized spacial score (nSPS) is 10.2. The highest BCUT2D eigenvalue weighted by atomic mass is 19.1. The number of rotatable bonds is 3. The number of hydrogen-bond acceptors (Lipinski definition) is 4. The quantitative estimate of drug-likeness (QED) is 0.827. The first-order valence-electron chi connectivity index (χ1n) is 5.23. The maximum atomic E-state index is 12.6. The molecule has 0 fully saturated rings. The first-order chi connectivity index (χ1) is 8.19. The fraction of sp³-hybridized carbons (Fsp3) is 0.167. The van der Waals surface area contributed by atoms with Crippen LogP contribution in [-0.2, 0) is 6.42 Å². The Balaban J connectivity index is 2.21. The molecule has 0 saturated heterocycles. The second kappa shape index (κ2) is 4.78. The fourth-order valence-corrected chi connectivity index (χ4v) is 1.36. The van der Waals surface area contributed by atoms with Gasteiger partial charge in [0.15, 0.2) is 11.6 Å². The molecule has 0 aliphatic carbocycles. The van der Waals surface area contributed by atoms with E-state index in [9.17, 15) is 4.39 Å². The van der Waals surface area contributed by atoms with Crippen LogP contribution < -0.4 is 10.5 Å². The molecule has 0 aliphatic heterocycles. The van der Waals surface area contributed by atoms with Gasteiger partial charge in [-0.05, 0) is 24.1 Å². The summed E-state index contributed by atoms with van der Waals surface area (Å²) >= 11 is 0. The summed E-state index contributed by atoms with van der Waals surface area (Å²) in [6.07, 6.45) is 2.98. The highest BCUT2D eigenvalue weighted by Crippen LogP contribution is 2.26. The van der Waals surface area contributed by atoms with E-state index >= 15 is 0 Å². The number of benzene rings is 1. The van der Waals surface area contributed by atoms with E-state index in [1.807, 2.05) is 19.1 Å². The Hall–Kier alpha value is -2.17. The van der Waals surface area contributed by atoms with Crippen molar-refractivity contribution in [1.82, 2.24) is 9.97 Å². The maximum absolute atomic E-state index is 12.6. The molecular formula is C12H12FN3O. The van der Waals surface area contributed by atoms with Crippen LogP contribution in [0.15, 0.2) is 30.6 Å². The molecule has 17 heavy (non-hydrogen) atoms. The second-order valence-corrected chi connectivity index (χ2v) is 3.51. The molecule has 0 atom stereocenters. The third kappa shape index (κ3) is 2.69. The third-order valence-electron chi connectivity index (χ3n) is 2.28. The number of nitrogens with zero attached hydrogens (tertiary/aromatic N) is 2. The minimum Gasteiger partial charge on any atom is -0.422 e. The van der Waals surface area contributed by atoms with E-state index < -0.39 is 5.82 Å². The molecule has 2 rings (SSSR count). The van der Waals surface area contributed by atoms with Crippen LogP contribution in [-0.4, -0.2) is 9.97 Å². The molecule has 0 unspecified atom stereocenters. The lowest BCUT2D eigenvalue weighted by atomic mass is 10.1. The molecule has 1 aromatic carbocycles. The van der Waals surface area contributed by atoms with Crippen molar-refractivity contribution < 1.29 is 9.13 Å². The Bertz CT molecular complexity index is 514. The van der Waals surface area contributed by atoms with Crippen LogP contribution in [0.4, 0.5) is 10.1 Å². The highest BCUT2D eigenvalue weighted by molar-refractivity contribution is 5.55. The predicted octanol–water partition coefficient (Wildman–Crippen LogP) is 2.55. The van der Waals surface area contributed by atoms with Gasteiger partial charge in [-0.1, -0.05) is 13.0 Å². The van der Waals surface area contributed by atoms with Crippen LogP contribution in [0.5, 0.6) is 11.8 Å². The summed E-state index contributed by atoms with van der Waals surface area (Å²) in [5.41, 5.74) is 7.45. The fourth-order valence-electron chi connectivity index (χ4n) is 1.36. The number of aromatic nitrogens is 2. The van der Waals surface area contributed by atoms with Gasteiger partial charge < -0.3 is 10.5 Å². The van der Waals surface area contributed by atoms with Gasteiger partial charge in [0.1, 0.15) is 0 Å². The lowest BCUT2D eigenvalue weighted by Crippen LogP contribution is -1.97. The summed E-state index contributed by atoms with van der Waals surface area (Å²) in [4.78, 5) is 7.39. The Labute approximate surface area is 98.3 Å². The molecule has 5 heteroatoms. The van der Waals surface area contributed by atoms with E-state index in [1.165, 1.54) is 0 Å². The summed E-state index contributed by atoms with van der Waals surface area (Å²) in [6.45, 7) is 2.04. The van der Waals surface area contributed by atoms with Gasteiger partial charge >= 0.3 is 6.01 Å². The van der Waals surface area contributed by atoms with Gasteiger partial charge in [0.05, 0.1) is 18.1 Å². The average molecular weight is 233 g/mol. The van der Waals surface area contributed by atoms with Gasteiger partial charge in [0.2, 0.25) is 0 Å². The van der Waals surface area contributed by atoms with Crippen LogP contribution in [0, 0.1) is 5.82 Å². The van der Waals surface area contributed by atoms with Crippen LogP contribution in [0.2, 0.25) is 0 Å². The maximum Gasteiger partial charge on any atom is 0.322 e. The zero-order chi connectivity index (χ0) is 12.3. The lowest BCUT2D eigenvalue weighted by molar-refractivity contribution is 0.438. The number of nitrogen functional groups attached to an aromatic ring is 1. The first-order valence-corrected chi connectivity index (χ1v) is 5.23. The molecule has 1 aromatic heterocycles. The van der Waals surface area contributed by atoms with Crippen molar-refractivity contribution in [2.45, 2.75) is 13.3 Å². The average Bonchev–Trinajstić information content (AvgIpc) is 2.34. The first kappa shape index (κ1) is 11.3. The second-order valence-electron chi connectivity index (χ2n) is 3.51. The molecule has 0 aliphatic rings. The van der Waals surface area contributed by atoms with Gasteiger partial charge in [0, 0.05) is 0 Å². The number of halogens is 1. The van der Waals surface area contributed by atoms with Crippen molar-refractivity contribution in [2.24, 2.45) is 0 Å². The minimum atomic E-state index is -0.508. The number of ether oxygens (including phenoxy) is 1. The monoisotopic (exact) mass is 233 g/mol. The highest BCUT2D eigenvalue weighted by Gasteiger charge is 2.05. The summed E-state index contributed by atoms with van der Waals surface area (Å²) in [5, 5.41) is 0. The SMILES string of the molecule is CCc1ccc(Oc2ncc(F)cn2)c(N)c1. The Morgan fingerprint density at radius 3 is 2.59 bits per heavy atom. The minimum absolute atomic E-state index is 0.0716. The van der Waals surface area contributed by atoms with Crippen LogP contribution >= 0.6 is 0 Å². The van der Waals surface area contributed by atoms with Crippen molar-refractivity contribution >= 4 is 5.69 Å². The van der Waals surface area contributed by atoms with E-state index in [0.29, 0.717) is 11.4 Å². The van der Waals surface area contributed by atoms with Crippen molar-refractivity contribution in [3.05, 3.63) is 42.0 Å². The number of nitrogens with two attached hydrogens (primary N) is 1. The number of anilines is 1. The molecule has 0 radical (unpaired) electrons. The molecular weight excluding hydrogens is 221 g/mol. The molecule has 2 N–H and O–H groups in total. The molecule has 0 amide bonds. The Morgan fingerprint density at radius 1 is 1.29 bits per heavy atom. The van der Waals surface area contributed by atoms with E-state index in [2.05, 4.69) is 9.97 Å². The molecule has 0 spiro atoms. The zero-order valence-corrected chi connectivity index (χ0v) is 9.35. The van der Waals surface area contributed by atoms with E-state index in [1.54, 1.807) is 6.07 Å². The predicted molar refractivity (Wildman–Crippen MR) is 62.3 cm³/mol. The Morgan fingerprint density at radius 2 is 2.00 bits per heavy atom. The van der Waals surface area contributed by atoms with Gasteiger partial charge in [-0.3, -0.25) is 0 Å². The molecule has 4 nitrogen and oxygen atoms in total. The zero-order valence-electron chi connectivity index (χ0n) is 9.35. The van der Waals surface area contributed by atoms with Gasteiger partial charge in [0.25, 0.3) is 0 Å². The van der Waals surface area contributed by atoms with Crippen molar-refractivity contribution in [1.29, 1.82) is 0 Å². The van der Waals surface area contributed by atoms with Crippen LogP contribution in [0.25, 0.3) is 0 Å². The molecule has 1 heterocycles. The van der Waals surface area contributed by atoms with Crippen molar-refractivity contribution in [2.75, 3.05) is 5.73 Å². The standard InChI is InChI=1S/C12H12FN3O/c1-2-8-3-4-11(10(14)5-8)17-12-15-6-9(13)7-16-12/h3-7H,2,14H2,1H3. The summed E-state index contributed by atoms with van der Waals surface area (Å²) in [6, 6.07) is 5.57. The summed E-state index contributed by atoms with van der Waals surface area (Å²) in [5.74, 6) is -0.0412. The van der Waals surface area contributed by atoms with Gasteiger partial charge in [-0.15, -0.1) is 0 Å². The number of hydrogen-bond donors (Lipinski definition) is 1. The van der Waals surface area contributed by atoms with Gasteiger partial charge in [-0.25, -0.2) is 14.4 Å². The molecule has 2 aromatic rings. The van der Waals surface area contributed by atoms with E-state index in [-0.39, 0.29) is 6.01 Å². The largest absolute Gasteiger partial charge is 0.422 e. The van der Waals surface area contributed by atoms with Crippen molar-refractivity contribution in [3.8, 4) is 11.8 Å². The molecule has 88 valence electrons. The topological polar surface area (TPSA) is 61.0 Å². The number of aryl methyl sites for hydroxylation is 1. The smallest absolute Gasteiger partial charge is 0.322 e. The summed E-state index contributed by atoms with van der Waals surface area (Å²) < 4.78 is 17.9. The molecule has 0 saturated carbocycles. The van der Waals surface area contributed by atoms with Crippen molar-refractivity contribution in [3.63, 3.8) is 0 Å². The molecule has 0 bridgehead atoms. The van der Waals surface area contributed by atoms with Gasteiger partial charge in [-0.2, -0.15) is 0 Å². The summed E-state index contributed by atoms with van der Waals surface area (Å²) in [7, 11) is 0. The van der Waals surface area contributed by atoms with E-state index in [0.717, 1.165) is 24.4 Å².